The average Bonchev–Trinajstić information content (AvgIpc) is 2.36. The van der Waals surface area contributed by atoms with Crippen molar-refractivity contribution in [2.24, 2.45) is 0 Å². The van der Waals surface area contributed by atoms with E-state index >= 15 is 0 Å². The normalized spacial score (nSPS) is 12.7. The van der Waals surface area contributed by atoms with Crippen molar-refractivity contribution >= 4 is 22.6 Å². The molecule has 0 spiro atoms. The van der Waals surface area contributed by atoms with E-state index in [1.807, 2.05) is 0 Å². The van der Waals surface area contributed by atoms with Gasteiger partial charge in [-0.15, -0.1) is 0 Å². The minimum atomic E-state index is 0.457. The van der Waals surface area contributed by atoms with Crippen LogP contribution in [0.25, 0.3) is 0 Å². The second-order valence-corrected chi connectivity index (χ2v) is 5.61. The Labute approximate surface area is 124 Å². The van der Waals surface area contributed by atoms with Gasteiger partial charge in [0.25, 0.3) is 0 Å². The van der Waals surface area contributed by atoms with E-state index in [0.29, 0.717) is 6.04 Å². The van der Waals surface area contributed by atoms with Crippen LogP contribution in [0.2, 0.25) is 0 Å². The Morgan fingerprint density at radius 3 is 2.89 bits per heavy atom. The molecule has 0 aliphatic rings. The van der Waals surface area contributed by atoms with E-state index in [1.165, 1.54) is 14.7 Å². The van der Waals surface area contributed by atoms with Crippen molar-refractivity contribution in [1.82, 2.24) is 10.6 Å². The molecule has 102 valence electrons. The van der Waals surface area contributed by atoms with Crippen molar-refractivity contribution < 1.29 is 4.74 Å². The SMILES string of the molecule is COCCNCC(C)NCc1cccc(C)c1I. The van der Waals surface area contributed by atoms with Gasteiger partial charge in [0.05, 0.1) is 6.61 Å². The maximum Gasteiger partial charge on any atom is 0.0587 e. The Hall–Kier alpha value is -0.170. The van der Waals surface area contributed by atoms with Crippen molar-refractivity contribution in [2.45, 2.75) is 26.4 Å². The largest absolute Gasteiger partial charge is 0.383 e. The van der Waals surface area contributed by atoms with E-state index < -0.39 is 0 Å². The topological polar surface area (TPSA) is 33.3 Å². The molecule has 3 nitrogen and oxygen atoms in total. The number of hydrogen-bond donors (Lipinski definition) is 2. The molecule has 18 heavy (non-hydrogen) atoms. The molecule has 0 bridgehead atoms. The van der Waals surface area contributed by atoms with Gasteiger partial charge in [0.15, 0.2) is 0 Å². The molecule has 0 aromatic heterocycles. The molecular formula is C14H23IN2O. The lowest BCUT2D eigenvalue weighted by atomic mass is 10.1. The van der Waals surface area contributed by atoms with Crippen LogP contribution in [0.15, 0.2) is 18.2 Å². The molecule has 0 aliphatic carbocycles. The van der Waals surface area contributed by atoms with Crippen molar-refractivity contribution in [3.63, 3.8) is 0 Å². The first-order valence-electron chi connectivity index (χ1n) is 6.32. The summed E-state index contributed by atoms with van der Waals surface area (Å²) in [5.74, 6) is 0. The highest BCUT2D eigenvalue weighted by molar-refractivity contribution is 14.1. The molecule has 4 heteroatoms. The summed E-state index contributed by atoms with van der Waals surface area (Å²) >= 11 is 2.42. The van der Waals surface area contributed by atoms with Crippen LogP contribution in [-0.2, 0) is 11.3 Å². The molecule has 0 fully saturated rings. The van der Waals surface area contributed by atoms with Gasteiger partial charge in [-0.3, -0.25) is 0 Å². The fraction of sp³-hybridized carbons (Fsp3) is 0.571. The van der Waals surface area contributed by atoms with Crippen molar-refractivity contribution in [1.29, 1.82) is 0 Å². The highest BCUT2D eigenvalue weighted by Gasteiger charge is 2.04. The molecule has 0 amide bonds. The Morgan fingerprint density at radius 1 is 1.39 bits per heavy atom. The summed E-state index contributed by atoms with van der Waals surface area (Å²) in [5, 5.41) is 6.89. The first kappa shape index (κ1) is 15.9. The van der Waals surface area contributed by atoms with Crippen LogP contribution >= 0.6 is 22.6 Å². The smallest absolute Gasteiger partial charge is 0.0587 e. The van der Waals surface area contributed by atoms with E-state index in [2.05, 4.69) is 65.3 Å². The van der Waals surface area contributed by atoms with Crippen LogP contribution in [-0.4, -0.2) is 32.8 Å². The van der Waals surface area contributed by atoms with Gasteiger partial charge in [0.1, 0.15) is 0 Å². The maximum absolute atomic E-state index is 5.00. The van der Waals surface area contributed by atoms with Gasteiger partial charge < -0.3 is 15.4 Å². The number of hydrogen-bond acceptors (Lipinski definition) is 3. The van der Waals surface area contributed by atoms with E-state index in [9.17, 15) is 0 Å². The van der Waals surface area contributed by atoms with Gasteiger partial charge in [-0.1, -0.05) is 18.2 Å². The molecule has 0 heterocycles. The summed E-state index contributed by atoms with van der Waals surface area (Å²) in [7, 11) is 1.73. The molecule has 2 N–H and O–H groups in total. The van der Waals surface area contributed by atoms with Crippen LogP contribution < -0.4 is 10.6 Å². The number of nitrogens with one attached hydrogen (secondary N) is 2. The van der Waals surface area contributed by atoms with Gasteiger partial charge in [0, 0.05) is 36.4 Å². The van der Waals surface area contributed by atoms with Crippen LogP contribution in [0.5, 0.6) is 0 Å². The second-order valence-electron chi connectivity index (χ2n) is 4.53. The molecule has 0 saturated carbocycles. The van der Waals surface area contributed by atoms with E-state index in [-0.39, 0.29) is 0 Å². The Kier molecular flexibility index (Phi) is 7.81. The van der Waals surface area contributed by atoms with E-state index in [4.69, 9.17) is 4.74 Å². The number of halogens is 1. The average molecular weight is 362 g/mol. The van der Waals surface area contributed by atoms with Crippen molar-refractivity contribution in [3.8, 4) is 0 Å². The number of benzene rings is 1. The quantitative estimate of drug-likeness (QED) is 0.550. The van der Waals surface area contributed by atoms with Crippen LogP contribution in [0.3, 0.4) is 0 Å². The van der Waals surface area contributed by atoms with Gasteiger partial charge >= 0.3 is 0 Å². The van der Waals surface area contributed by atoms with Crippen molar-refractivity contribution in [2.75, 3.05) is 26.8 Å². The molecule has 0 aliphatic heterocycles. The Morgan fingerprint density at radius 2 is 2.17 bits per heavy atom. The highest BCUT2D eigenvalue weighted by atomic mass is 127. The fourth-order valence-corrected chi connectivity index (χ4v) is 2.24. The van der Waals surface area contributed by atoms with Gasteiger partial charge in [-0.2, -0.15) is 0 Å². The fourth-order valence-electron chi connectivity index (χ4n) is 1.69. The minimum absolute atomic E-state index is 0.457. The summed E-state index contributed by atoms with van der Waals surface area (Å²) in [6.45, 7) is 7.91. The zero-order valence-electron chi connectivity index (χ0n) is 11.4. The minimum Gasteiger partial charge on any atom is -0.383 e. The summed E-state index contributed by atoms with van der Waals surface area (Å²) in [6.07, 6.45) is 0. The third kappa shape index (κ3) is 5.65. The summed E-state index contributed by atoms with van der Waals surface area (Å²) in [5.41, 5.74) is 2.72. The molecule has 0 radical (unpaired) electrons. The highest BCUT2D eigenvalue weighted by Crippen LogP contribution is 2.16. The van der Waals surface area contributed by atoms with E-state index in [1.54, 1.807) is 7.11 Å². The first-order valence-corrected chi connectivity index (χ1v) is 7.40. The van der Waals surface area contributed by atoms with E-state index in [0.717, 1.165) is 26.2 Å². The molecule has 1 rings (SSSR count). The Bertz CT molecular complexity index is 358. The molecule has 0 saturated heterocycles. The second kappa shape index (κ2) is 8.85. The molecular weight excluding hydrogens is 339 g/mol. The monoisotopic (exact) mass is 362 g/mol. The summed E-state index contributed by atoms with van der Waals surface area (Å²) < 4.78 is 6.36. The number of rotatable bonds is 8. The zero-order chi connectivity index (χ0) is 13.4. The summed E-state index contributed by atoms with van der Waals surface area (Å²) in [6, 6.07) is 6.92. The number of methoxy groups -OCH3 is 1. The molecule has 1 aromatic rings. The van der Waals surface area contributed by atoms with Crippen LogP contribution in [0, 0.1) is 10.5 Å². The standard InChI is InChI=1S/C14H23IN2O/c1-11-5-4-6-13(14(11)15)10-17-12(2)9-16-7-8-18-3/h4-6,12,16-17H,7-10H2,1-3H3. The first-order chi connectivity index (χ1) is 8.65. The zero-order valence-corrected chi connectivity index (χ0v) is 13.6. The molecule has 1 atom stereocenters. The van der Waals surface area contributed by atoms with Gasteiger partial charge in [-0.05, 0) is 47.6 Å². The van der Waals surface area contributed by atoms with Gasteiger partial charge in [0.2, 0.25) is 0 Å². The molecule has 1 unspecified atom stereocenters. The lowest BCUT2D eigenvalue weighted by molar-refractivity contribution is 0.198. The van der Waals surface area contributed by atoms with Crippen LogP contribution in [0.1, 0.15) is 18.1 Å². The predicted molar refractivity (Wildman–Crippen MR) is 84.9 cm³/mol. The number of ether oxygens (including phenoxy) is 1. The maximum atomic E-state index is 5.00. The van der Waals surface area contributed by atoms with Crippen molar-refractivity contribution in [3.05, 3.63) is 32.9 Å². The lowest BCUT2D eigenvalue weighted by Gasteiger charge is -2.16. The lowest BCUT2D eigenvalue weighted by Crippen LogP contribution is -2.37. The Balaban J connectivity index is 2.29. The van der Waals surface area contributed by atoms with Gasteiger partial charge in [-0.25, -0.2) is 0 Å². The predicted octanol–water partition coefficient (Wildman–Crippen LogP) is 2.31. The van der Waals surface area contributed by atoms with Crippen LogP contribution in [0.4, 0.5) is 0 Å². The third-order valence-corrected chi connectivity index (χ3v) is 4.39. The third-order valence-electron chi connectivity index (χ3n) is 2.85. The molecule has 1 aromatic carbocycles. The number of aryl methyl sites for hydroxylation is 1. The summed E-state index contributed by atoms with van der Waals surface area (Å²) in [4.78, 5) is 0.